The number of hydrogen-bond acceptors (Lipinski definition) is 3. The maximum atomic E-state index is 3.64. The Morgan fingerprint density at radius 2 is 2.31 bits per heavy atom. The number of unbranched alkanes of at least 4 members (excludes halogenated alkanes) is 1. The Kier molecular flexibility index (Phi) is 5.46. The zero-order chi connectivity index (χ0) is 11.2. The molecule has 2 saturated heterocycles. The highest BCUT2D eigenvalue weighted by atomic mass is 32.2. The molecule has 2 aliphatic rings. The quantitative estimate of drug-likeness (QED) is 0.770. The normalized spacial score (nSPS) is 30.4. The van der Waals surface area contributed by atoms with Crippen LogP contribution in [0.15, 0.2) is 0 Å². The van der Waals surface area contributed by atoms with E-state index in [0.717, 1.165) is 12.1 Å². The van der Waals surface area contributed by atoms with Gasteiger partial charge in [-0.05, 0) is 44.5 Å². The highest BCUT2D eigenvalue weighted by molar-refractivity contribution is 7.99. The first kappa shape index (κ1) is 12.7. The lowest BCUT2D eigenvalue weighted by Gasteiger charge is -2.30. The second-order valence-corrected chi connectivity index (χ2v) is 6.31. The van der Waals surface area contributed by atoms with Gasteiger partial charge in [-0.2, -0.15) is 11.8 Å². The summed E-state index contributed by atoms with van der Waals surface area (Å²) in [6.45, 7) is 6.16. The fourth-order valence-corrected chi connectivity index (χ4v) is 4.04. The first-order valence-corrected chi connectivity index (χ1v) is 8.11. The average Bonchev–Trinajstić information content (AvgIpc) is 2.96. The Labute approximate surface area is 105 Å². The summed E-state index contributed by atoms with van der Waals surface area (Å²) in [7, 11) is 0. The van der Waals surface area contributed by atoms with Gasteiger partial charge in [0.25, 0.3) is 0 Å². The van der Waals surface area contributed by atoms with Gasteiger partial charge < -0.3 is 5.32 Å². The molecule has 94 valence electrons. The summed E-state index contributed by atoms with van der Waals surface area (Å²) < 4.78 is 0. The molecule has 16 heavy (non-hydrogen) atoms. The second kappa shape index (κ2) is 6.87. The van der Waals surface area contributed by atoms with Crippen molar-refractivity contribution in [1.82, 2.24) is 10.2 Å². The van der Waals surface area contributed by atoms with E-state index in [2.05, 4.69) is 28.9 Å². The zero-order valence-electron chi connectivity index (χ0n) is 10.6. The predicted molar refractivity (Wildman–Crippen MR) is 73.2 cm³/mol. The van der Waals surface area contributed by atoms with Crippen molar-refractivity contribution < 1.29 is 0 Å². The predicted octanol–water partition coefficient (Wildman–Crippen LogP) is 2.35. The monoisotopic (exact) mass is 242 g/mol. The maximum absolute atomic E-state index is 3.64. The molecule has 2 atom stereocenters. The van der Waals surface area contributed by atoms with Gasteiger partial charge >= 0.3 is 0 Å². The molecule has 2 heterocycles. The Morgan fingerprint density at radius 1 is 1.38 bits per heavy atom. The number of hydrogen-bond donors (Lipinski definition) is 1. The van der Waals surface area contributed by atoms with Gasteiger partial charge in [-0.3, -0.25) is 4.90 Å². The van der Waals surface area contributed by atoms with Crippen molar-refractivity contribution in [1.29, 1.82) is 0 Å². The van der Waals surface area contributed by atoms with Gasteiger partial charge in [0.1, 0.15) is 0 Å². The minimum atomic E-state index is 0.780. The third kappa shape index (κ3) is 3.64. The van der Waals surface area contributed by atoms with E-state index in [4.69, 9.17) is 0 Å². The van der Waals surface area contributed by atoms with E-state index in [1.165, 1.54) is 63.2 Å². The first-order valence-electron chi connectivity index (χ1n) is 6.95. The molecule has 0 amide bonds. The number of thioether (sulfide) groups is 1. The lowest BCUT2D eigenvalue weighted by molar-refractivity contribution is 0.192. The molecule has 0 saturated carbocycles. The van der Waals surface area contributed by atoms with Crippen LogP contribution >= 0.6 is 11.8 Å². The molecule has 0 bridgehead atoms. The van der Waals surface area contributed by atoms with Crippen molar-refractivity contribution in [2.45, 2.75) is 51.1 Å². The highest BCUT2D eigenvalue weighted by Gasteiger charge is 2.25. The van der Waals surface area contributed by atoms with Gasteiger partial charge in [0.15, 0.2) is 0 Å². The van der Waals surface area contributed by atoms with E-state index < -0.39 is 0 Å². The van der Waals surface area contributed by atoms with E-state index in [1.54, 1.807) is 0 Å². The molecule has 1 N–H and O–H groups in total. The van der Waals surface area contributed by atoms with E-state index >= 15 is 0 Å². The molecule has 2 fully saturated rings. The lowest BCUT2D eigenvalue weighted by Crippen LogP contribution is -2.44. The van der Waals surface area contributed by atoms with Crippen LogP contribution in [0.4, 0.5) is 0 Å². The Bertz CT molecular complexity index is 186. The summed E-state index contributed by atoms with van der Waals surface area (Å²) in [6, 6.07) is 1.65. The Hall–Kier alpha value is 0.270. The van der Waals surface area contributed by atoms with Crippen molar-refractivity contribution >= 4 is 11.8 Å². The molecular formula is C13H26N2S. The summed E-state index contributed by atoms with van der Waals surface area (Å²) >= 11 is 2.14. The first-order chi connectivity index (χ1) is 7.90. The van der Waals surface area contributed by atoms with Gasteiger partial charge in [0, 0.05) is 24.4 Å². The van der Waals surface area contributed by atoms with Gasteiger partial charge in [0.05, 0.1) is 0 Å². The molecule has 0 radical (unpaired) electrons. The molecule has 0 aliphatic carbocycles. The van der Waals surface area contributed by atoms with Crippen molar-refractivity contribution in [2.75, 3.05) is 31.1 Å². The third-order valence-electron chi connectivity index (χ3n) is 3.84. The van der Waals surface area contributed by atoms with Crippen LogP contribution in [0, 0.1) is 0 Å². The van der Waals surface area contributed by atoms with E-state index in [0.29, 0.717) is 0 Å². The molecule has 0 aromatic rings. The molecular weight excluding hydrogens is 216 g/mol. The molecule has 2 rings (SSSR count). The molecule has 2 aliphatic heterocycles. The van der Waals surface area contributed by atoms with Crippen LogP contribution in [0.5, 0.6) is 0 Å². The van der Waals surface area contributed by atoms with Gasteiger partial charge in [-0.1, -0.05) is 13.3 Å². The van der Waals surface area contributed by atoms with Crippen LogP contribution in [-0.4, -0.2) is 48.1 Å². The molecule has 0 spiro atoms. The number of nitrogens with one attached hydrogen (secondary N) is 1. The molecule has 2 nitrogen and oxygen atoms in total. The van der Waals surface area contributed by atoms with Gasteiger partial charge in [-0.25, -0.2) is 0 Å². The van der Waals surface area contributed by atoms with Crippen molar-refractivity contribution in [3.63, 3.8) is 0 Å². The minimum absolute atomic E-state index is 0.780. The fourth-order valence-electron chi connectivity index (χ4n) is 2.79. The Morgan fingerprint density at radius 3 is 2.94 bits per heavy atom. The van der Waals surface area contributed by atoms with Crippen LogP contribution in [0.25, 0.3) is 0 Å². The lowest BCUT2D eigenvalue weighted by atomic mass is 10.1. The summed E-state index contributed by atoms with van der Waals surface area (Å²) in [5.41, 5.74) is 0. The molecule has 2 unspecified atom stereocenters. The number of rotatable bonds is 6. The molecule has 3 heteroatoms. The van der Waals surface area contributed by atoms with Gasteiger partial charge in [0.2, 0.25) is 0 Å². The maximum Gasteiger partial charge on any atom is 0.0195 e. The third-order valence-corrected chi connectivity index (χ3v) is 4.98. The van der Waals surface area contributed by atoms with Crippen LogP contribution in [0.2, 0.25) is 0 Å². The molecule has 0 aromatic heterocycles. The molecule has 0 aromatic carbocycles. The van der Waals surface area contributed by atoms with Crippen molar-refractivity contribution in [3.8, 4) is 0 Å². The number of nitrogens with zero attached hydrogens (tertiary/aromatic N) is 1. The average molecular weight is 242 g/mol. The topological polar surface area (TPSA) is 15.3 Å². The summed E-state index contributed by atoms with van der Waals surface area (Å²) in [5.74, 6) is 2.75. The standard InChI is InChI=1S/C13H26N2S/c1-2-3-8-15(13-6-9-16-11-13)10-12-5-4-7-14-12/h12-14H,2-11H2,1H3. The fraction of sp³-hybridized carbons (Fsp3) is 1.00. The van der Waals surface area contributed by atoms with Crippen LogP contribution in [0.1, 0.15) is 39.0 Å². The van der Waals surface area contributed by atoms with Crippen LogP contribution in [0.3, 0.4) is 0 Å². The Balaban J connectivity index is 1.80. The minimum Gasteiger partial charge on any atom is -0.313 e. The largest absolute Gasteiger partial charge is 0.313 e. The summed E-state index contributed by atoms with van der Waals surface area (Å²) in [6.07, 6.45) is 6.89. The van der Waals surface area contributed by atoms with E-state index in [1.807, 2.05) is 0 Å². The SMILES string of the molecule is CCCCN(CC1CCCN1)C1CCSC1. The van der Waals surface area contributed by atoms with Gasteiger partial charge in [-0.15, -0.1) is 0 Å². The second-order valence-electron chi connectivity index (χ2n) is 5.16. The van der Waals surface area contributed by atoms with Crippen molar-refractivity contribution in [3.05, 3.63) is 0 Å². The van der Waals surface area contributed by atoms with E-state index in [-0.39, 0.29) is 0 Å². The summed E-state index contributed by atoms with van der Waals surface area (Å²) in [4.78, 5) is 2.77. The summed E-state index contributed by atoms with van der Waals surface area (Å²) in [5, 5.41) is 3.64. The van der Waals surface area contributed by atoms with Crippen LogP contribution < -0.4 is 5.32 Å². The van der Waals surface area contributed by atoms with E-state index in [9.17, 15) is 0 Å². The smallest absolute Gasteiger partial charge is 0.0195 e. The van der Waals surface area contributed by atoms with Crippen molar-refractivity contribution in [2.24, 2.45) is 0 Å². The zero-order valence-corrected chi connectivity index (χ0v) is 11.4. The van der Waals surface area contributed by atoms with Crippen LogP contribution in [-0.2, 0) is 0 Å². The highest BCUT2D eigenvalue weighted by Crippen LogP contribution is 2.23.